The van der Waals surface area contributed by atoms with Crippen molar-refractivity contribution in [3.05, 3.63) is 71.0 Å². The van der Waals surface area contributed by atoms with Gasteiger partial charge in [-0.05, 0) is 55.1 Å². The summed E-state index contributed by atoms with van der Waals surface area (Å²) in [6, 6.07) is 15.8. The van der Waals surface area contributed by atoms with Gasteiger partial charge in [0.15, 0.2) is 0 Å². The molecule has 0 spiro atoms. The van der Waals surface area contributed by atoms with E-state index in [9.17, 15) is 4.39 Å². The molecule has 1 unspecified atom stereocenters. The standard InChI is InChI=1S/C18H22FN/c1-3-15-4-8-17(9-5-15)14(2)20-13-12-16-6-10-18(19)11-7-16/h4-11,14,20H,3,12-13H2,1-2H3. The Morgan fingerprint density at radius 3 is 2.15 bits per heavy atom. The molecule has 0 aliphatic carbocycles. The van der Waals surface area contributed by atoms with Crippen LogP contribution in [0.2, 0.25) is 0 Å². The molecule has 0 amide bonds. The zero-order valence-electron chi connectivity index (χ0n) is 12.2. The van der Waals surface area contributed by atoms with Crippen molar-refractivity contribution < 1.29 is 4.39 Å². The summed E-state index contributed by atoms with van der Waals surface area (Å²) in [6.07, 6.45) is 1.99. The summed E-state index contributed by atoms with van der Waals surface area (Å²) in [5.74, 6) is -0.175. The van der Waals surface area contributed by atoms with Crippen LogP contribution in [0.5, 0.6) is 0 Å². The van der Waals surface area contributed by atoms with Crippen molar-refractivity contribution >= 4 is 0 Å². The van der Waals surface area contributed by atoms with Gasteiger partial charge in [0.25, 0.3) is 0 Å². The Labute approximate surface area is 120 Å². The van der Waals surface area contributed by atoms with Gasteiger partial charge in [-0.3, -0.25) is 0 Å². The lowest BCUT2D eigenvalue weighted by atomic mass is 10.0. The summed E-state index contributed by atoms with van der Waals surface area (Å²) in [6.45, 7) is 5.23. The molecule has 0 saturated carbocycles. The third kappa shape index (κ3) is 4.17. The van der Waals surface area contributed by atoms with E-state index in [0.717, 1.165) is 24.9 Å². The SMILES string of the molecule is CCc1ccc(C(C)NCCc2ccc(F)cc2)cc1. The second-order valence-electron chi connectivity index (χ2n) is 5.15. The van der Waals surface area contributed by atoms with E-state index in [1.807, 2.05) is 12.1 Å². The van der Waals surface area contributed by atoms with Crippen molar-refractivity contribution in [1.29, 1.82) is 0 Å². The fourth-order valence-corrected chi connectivity index (χ4v) is 2.24. The van der Waals surface area contributed by atoms with E-state index in [1.54, 1.807) is 0 Å². The van der Waals surface area contributed by atoms with Gasteiger partial charge in [0.05, 0.1) is 0 Å². The first-order valence-electron chi connectivity index (χ1n) is 7.25. The van der Waals surface area contributed by atoms with Gasteiger partial charge >= 0.3 is 0 Å². The Kier molecular flexibility index (Phi) is 5.31. The van der Waals surface area contributed by atoms with Gasteiger partial charge < -0.3 is 5.32 Å². The zero-order chi connectivity index (χ0) is 14.4. The molecule has 1 N–H and O–H groups in total. The Morgan fingerprint density at radius 2 is 1.55 bits per heavy atom. The van der Waals surface area contributed by atoms with Gasteiger partial charge in [-0.15, -0.1) is 0 Å². The normalized spacial score (nSPS) is 12.3. The van der Waals surface area contributed by atoms with E-state index in [2.05, 4.69) is 43.4 Å². The van der Waals surface area contributed by atoms with Crippen LogP contribution in [-0.2, 0) is 12.8 Å². The summed E-state index contributed by atoms with van der Waals surface area (Å²) in [7, 11) is 0. The Bertz CT molecular complexity index is 516. The number of hydrogen-bond donors (Lipinski definition) is 1. The van der Waals surface area contributed by atoms with E-state index >= 15 is 0 Å². The van der Waals surface area contributed by atoms with E-state index in [1.165, 1.54) is 23.3 Å². The monoisotopic (exact) mass is 271 g/mol. The van der Waals surface area contributed by atoms with Crippen molar-refractivity contribution in [1.82, 2.24) is 5.32 Å². The molecule has 20 heavy (non-hydrogen) atoms. The molecule has 0 radical (unpaired) electrons. The van der Waals surface area contributed by atoms with Crippen LogP contribution >= 0.6 is 0 Å². The van der Waals surface area contributed by atoms with Crippen LogP contribution in [0.15, 0.2) is 48.5 Å². The predicted molar refractivity (Wildman–Crippen MR) is 82.3 cm³/mol. The maximum absolute atomic E-state index is 12.8. The van der Waals surface area contributed by atoms with Gasteiger partial charge in [-0.2, -0.15) is 0 Å². The lowest BCUT2D eigenvalue weighted by molar-refractivity contribution is 0.576. The maximum atomic E-state index is 12.8. The number of aryl methyl sites for hydroxylation is 1. The van der Waals surface area contributed by atoms with Crippen LogP contribution in [0.3, 0.4) is 0 Å². The number of benzene rings is 2. The molecule has 0 aromatic heterocycles. The van der Waals surface area contributed by atoms with Crippen LogP contribution in [0.1, 0.15) is 36.6 Å². The van der Waals surface area contributed by atoms with Crippen LogP contribution in [0.25, 0.3) is 0 Å². The van der Waals surface area contributed by atoms with Crippen LogP contribution < -0.4 is 5.32 Å². The van der Waals surface area contributed by atoms with Crippen molar-refractivity contribution in [2.45, 2.75) is 32.7 Å². The van der Waals surface area contributed by atoms with Crippen LogP contribution in [0.4, 0.5) is 4.39 Å². The highest BCUT2D eigenvalue weighted by Crippen LogP contribution is 2.13. The van der Waals surface area contributed by atoms with E-state index in [-0.39, 0.29) is 5.82 Å². The first-order valence-corrected chi connectivity index (χ1v) is 7.25. The first-order chi connectivity index (χ1) is 9.69. The van der Waals surface area contributed by atoms with Crippen molar-refractivity contribution in [2.75, 3.05) is 6.54 Å². The summed E-state index contributed by atoms with van der Waals surface area (Å²) >= 11 is 0. The third-order valence-corrected chi connectivity index (χ3v) is 3.67. The van der Waals surface area contributed by atoms with Crippen molar-refractivity contribution in [3.8, 4) is 0 Å². The molecular weight excluding hydrogens is 249 g/mol. The van der Waals surface area contributed by atoms with Crippen LogP contribution in [0, 0.1) is 5.82 Å². The highest BCUT2D eigenvalue weighted by Gasteiger charge is 2.04. The van der Waals surface area contributed by atoms with Gasteiger partial charge in [0.2, 0.25) is 0 Å². The largest absolute Gasteiger partial charge is 0.310 e. The topological polar surface area (TPSA) is 12.0 Å². The van der Waals surface area contributed by atoms with Crippen LogP contribution in [-0.4, -0.2) is 6.54 Å². The fraction of sp³-hybridized carbons (Fsp3) is 0.333. The molecule has 2 aromatic rings. The summed E-state index contributed by atoms with van der Waals surface area (Å²) < 4.78 is 12.8. The average Bonchev–Trinajstić information content (AvgIpc) is 2.49. The molecule has 0 bridgehead atoms. The summed E-state index contributed by atoms with van der Waals surface area (Å²) in [4.78, 5) is 0. The average molecular weight is 271 g/mol. The molecule has 106 valence electrons. The van der Waals surface area contributed by atoms with Gasteiger partial charge in [0, 0.05) is 6.04 Å². The molecular formula is C18H22FN. The maximum Gasteiger partial charge on any atom is 0.123 e. The number of halogens is 1. The van der Waals surface area contributed by atoms with E-state index < -0.39 is 0 Å². The molecule has 0 aliphatic heterocycles. The summed E-state index contributed by atoms with van der Waals surface area (Å²) in [5.41, 5.74) is 3.83. The minimum absolute atomic E-state index is 0.175. The second kappa shape index (κ2) is 7.20. The van der Waals surface area contributed by atoms with Gasteiger partial charge in [-0.1, -0.05) is 43.3 Å². The van der Waals surface area contributed by atoms with Crippen molar-refractivity contribution in [2.24, 2.45) is 0 Å². The minimum atomic E-state index is -0.175. The molecule has 0 fully saturated rings. The summed E-state index contributed by atoms with van der Waals surface area (Å²) in [5, 5.41) is 3.51. The molecule has 1 atom stereocenters. The highest BCUT2D eigenvalue weighted by molar-refractivity contribution is 5.24. The lowest BCUT2D eigenvalue weighted by Crippen LogP contribution is -2.21. The molecule has 2 rings (SSSR count). The zero-order valence-corrected chi connectivity index (χ0v) is 12.2. The number of nitrogens with one attached hydrogen (secondary N) is 1. The number of hydrogen-bond acceptors (Lipinski definition) is 1. The molecule has 1 nitrogen and oxygen atoms in total. The lowest BCUT2D eigenvalue weighted by Gasteiger charge is -2.14. The Morgan fingerprint density at radius 1 is 0.950 bits per heavy atom. The Hall–Kier alpha value is -1.67. The van der Waals surface area contributed by atoms with E-state index in [4.69, 9.17) is 0 Å². The van der Waals surface area contributed by atoms with E-state index in [0.29, 0.717) is 6.04 Å². The number of rotatable bonds is 6. The van der Waals surface area contributed by atoms with Crippen molar-refractivity contribution in [3.63, 3.8) is 0 Å². The smallest absolute Gasteiger partial charge is 0.123 e. The minimum Gasteiger partial charge on any atom is -0.310 e. The first kappa shape index (κ1) is 14.7. The molecule has 0 saturated heterocycles. The Balaban J connectivity index is 1.82. The molecule has 0 heterocycles. The predicted octanol–water partition coefficient (Wildman–Crippen LogP) is 4.28. The second-order valence-corrected chi connectivity index (χ2v) is 5.15. The highest BCUT2D eigenvalue weighted by atomic mass is 19.1. The fourth-order valence-electron chi connectivity index (χ4n) is 2.24. The third-order valence-electron chi connectivity index (χ3n) is 3.67. The molecule has 0 aliphatic rings. The van der Waals surface area contributed by atoms with Gasteiger partial charge in [0.1, 0.15) is 5.82 Å². The molecule has 2 aromatic carbocycles. The molecule has 2 heteroatoms. The van der Waals surface area contributed by atoms with Gasteiger partial charge in [-0.25, -0.2) is 4.39 Å². The quantitative estimate of drug-likeness (QED) is 0.827.